The molecule has 1 aromatic rings. The summed E-state index contributed by atoms with van der Waals surface area (Å²) in [6, 6.07) is 6.85. The molecule has 2 fully saturated rings. The predicted molar refractivity (Wildman–Crippen MR) is 82.8 cm³/mol. The summed E-state index contributed by atoms with van der Waals surface area (Å²) >= 11 is 0. The smallest absolute Gasteiger partial charge is 0.125 e. The first-order valence-corrected chi connectivity index (χ1v) is 7.94. The maximum atomic E-state index is 5.85. The summed E-state index contributed by atoms with van der Waals surface area (Å²) in [4.78, 5) is 2.68. The highest BCUT2D eigenvalue weighted by Gasteiger charge is 2.33. The summed E-state index contributed by atoms with van der Waals surface area (Å²) in [5, 5.41) is 0. The number of rotatable bonds is 3. The Morgan fingerprint density at radius 3 is 2.85 bits per heavy atom. The van der Waals surface area contributed by atoms with Crippen LogP contribution < -0.4 is 10.5 Å². The van der Waals surface area contributed by atoms with E-state index in [0.29, 0.717) is 0 Å². The van der Waals surface area contributed by atoms with Crippen LogP contribution in [0.15, 0.2) is 18.2 Å². The van der Waals surface area contributed by atoms with Crippen LogP contribution in [0.1, 0.15) is 44.1 Å². The first-order valence-electron chi connectivity index (χ1n) is 7.94. The Hall–Kier alpha value is -1.22. The molecule has 20 heavy (non-hydrogen) atoms. The van der Waals surface area contributed by atoms with Crippen molar-refractivity contribution in [3.05, 3.63) is 23.8 Å². The van der Waals surface area contributed by atoms with Gasteiger partial charge in [-0.1, -0.05) is 18.9 Å². The van der Waals surface area contributed by atoms with Crippen LogP contribution in [0.3, 0.4) is 0 Å². The van der Waals surface area contributed by atoms with Crippen molar-refractivity contribution in [1.82, 2.24) is 4.90 Å². The van der Waals surface area contributed by atoms with Crippen molar-refractivity contribution < 1.29 is 4.74 Å². The highest BCUT2D eigenvalue weighted by molar-refractivity contribution is 5.48. The van der Waals surface area contributed by atoms with E-state index in [2.05, 4.69) is 11.0 Å². The number of anilines is 1. The summed E-state index contributed by atoms with van der Waals surface area (Å²) in [6.07, 6.45) is 8.41. The molecule has 1 saturated carbocycles. The largest absolute Gasteiger partial charge is 0.496 e. The molecule has 1 aromatic carbocycles. The van der Waals surface area contributed by atoms with Crippen molar-refractivity contribution >= 4 is 5.69 Å². The van der Waals surface area contributed by atoms with Gasteiger partial charge in [0.15, 0.2) is 0 Å². The fraction of sp³-hybridized carbons (Fsp3) is 0.647. The molecule has 2 aliphatic rings. The highest BCUT2D eigenvalue weighted by Crippen LogP contribution is 2.36. The SMILES string of the molecule is COc1cc(N)ccc1CN1CCCC2CCCCC21. The van der Waals surface area contributed by atoms with E-state index in [-0.39, 0.29) is 0 Å². The van der Waals surface area contributed by atoms with Gasteiger partial charge in [0.2, 0.25) is 0 Å². The molecule has 0 aromatic heterocycles. The maximum Gasteiger partial charge on any atom is 0.125 e. The number of nitrogen functional groups attached to an aromatic ring is 1. The van der Waals surface area contributed by atoms with Gasteiger partial charge in [0.25, 0.3) is 0 Å². The van der Waals surface area contributed by atoms with Gasteiger partial charge in [-0.3, -0.25) is 4.90 Å². The third-order valence-corrected chi connectivity index (χ3v) is 5.04. The molecule has 1 saturated heterocycles. The number of benzene rings is 1. The van der Waals surface area contributed by atoms with E-state index < -0.39 is 0 Å². The molecule has 0 bridgehead atoms. The van der Waals surface area contributed by atoms with Crippen LogP contribution in [0.4, 0.5) is 5.69 Å². The van der Waals surface area contributed by atoms with Crippen LogP contribution >= 0.6 is 0 Å². The summed E-state index contributed by atoms with van der Waals surface area (Å²) in [5.74, 6) is 1.86. The molecule has 1 heterocycles. The Labute approximate surface area is 122 Å². The lowest BCUT2D eigenvalue weighted by Crippen LogP contribution is -2.46. The lowest BCUT2D eigenvalue weighted by atomic mass is 9.78. The van der Waals surface area contributed by atoms with E-state index in [1.807, 2.05) is 12.1 Å². The minimum absolute atomic E-state index is 0.778. The number of nitrogens with zero attached hydrogens (tertiary/aromatic N) is 1. The number of fused-ring (bicyclic) bond motifs is 1. The van der Waals surface area contributed by atoms with Gasteiger partial charge in [-0.2, -0.15) is 0 Å². The van der Waals surface area contributed by atoms with E-state index in [4.69, 9.17) is 10.5 Å². The van der Waals surface area contributed by atoms with E-state index >= 15 is 0 Å². The zero-order valence-electron chi connectivity index (χ0n) is 12.5. The molecule has 1 aliphatic heterocycles. The number of likely N-dealkylation sites (tertiary alicyclic amines) is 1. The topological polar surface area (TPSA) is 38.5 Å². The number of nitrogens with two attached hydrogens (primary N) is 1. The fourth-order valence-corrected chi connectivity index (χ4v) is 4.03. The zero-order valence-corrected chi connectivity index (χ0v) is 12.5. The van der Waals surface area contributed by atoms with Crippen LogP contribution in [0.2, 0.25) is 0 Å². The Morgan fingerprint density at radius 1 is 1.20 bits per heavy atom. The molecule has 0 spiro atoms. The quantitative estimate of drug-likeness (QED) is 0.858. The average molecular weight is 274 g/mol. The van der Waals surface area contributed by atoms with E-state index in [0.717, 1.165) is 29.9 Å². The molecule has 2 N–H and O–H groups in total. The van der Waals surface area contributed by atoms with Crippen molar-refractivity contribution in [2.24, 2.45) is 5.92 Å². The summed E-state index contributed by atoms with van der Waals surface area (Å²) in [5.41, 5.74) is 7.90. The lowest BCUT2D eigenvalue weighted by molar-refractivity contribution is 0.0541. The Kier molecular flexibility index (Phi) is 4.16. The molecule has 1 aliphatic carbocycles. The predicted octanol–water partition coefficient (Wildman–Crippen LogP) is 3.43. The van der Waals surface area contributed by atoms with Crippen molar-refractivity contribution in [3.8, 4) is 5.75 Å². The van der Waals surface area contributed by atoms with Crippen molar-refractivity contribution in [2.45, 2.75) is 51.1 Å². The molecule has 0 amide bonds. The first-order chi connectivity index (χ1) is 9.78. The third-order valence-electron chi connectivity index (χ3n) is 5.04. The third kappa shape index (κ3) is 2.78. The Bertz CT molecular complexity index is 458. The number of piperidine rings is 1. The van der Waals surface area contributed by atoms with Gasteiger partial charge in [0.05, 0.1) is 7.11 Å². The molecule has 0 radical (unpaired) electrons. The van der Waals surface area contributed by atoms with Crippen LogP contribution in [0.25, 0.3) is 0 Å². The van der Waals surface area contributed by atoms with Crippen molar-refractivity contribution in [1.29, 1.82) is 0 Å². The number of methoxy groups -OCH3 is 1. The second kappa shape index (κ2) is 6.04. The van der Waals surface area contributed by atoms with Gasteiger partial charge in [0, 0.05) is 29.9 Å². The second-order valence-corrected chi connectivity index (χ2v) is 6.30. The lowest BCUT2D eigenvalue weighted by Gasteiger charge is -2.44. The van der Waals surface area contributed by atoms with Crippen LogP contribution in [-0.4, -0.2) is 24.6 Å². The number of hydrogen-bond acceptors (Lipinski definition) is 3. The van der Waals surface area contributed by atoms with Gasteiger partial charge in [-0.05, 0) is 44.2 Å². The molecule has 3 nitrogen and oxygen atoms in total. The van der Waals surface area contributed by atoms with E-state index in [1.54, 1.807) is 7.11 Å². The number of ether oxygens (including phenoxy) is 1. The molecule has 3 heteroatoms. The minimum atomic E-state index is 0.778. The zero-order chi connectivity index (χ0) is 13.9. The Balaban J connectivity index is 1.76. The van der Waals surface area contributed by atoms with Crippen LogP contribution in [-0.2, 0) is 6.54 Å². The number of hydrogen-bond donors (Lipinski definition) is 1. The van der Waals surface area contributed by atoms with Crippen LogP contribution in [0, 0.1) is 5.92 Å². The minimum Gasteiger partial charge on any atom is -0.496 e. The van der Waals surface area contributed by atoms with Gasteiger partial charge >= 0.3 is 0 Å². The van der Waals surface area contributed by atoms with Gasteiger partial charge in [-0.25, -0.2) is 0 Å². The van der Waals surface area contributed by atoms with Gasteiger partial charge < -0.3 is 10.5 Å². The first kappa shape index (κ1) is 13.7. The van der Waals surface area contributed by atoms with Crippen LogP contribution in [0.5, 0.6) is 5.75 Å². The molecule has 3 rings (SSSR count). The molecule has 2 atom stereocenters. The summed E-state index contributed by atoms with van der Waals surface area (Å²) < 4.78 is 5.50. The van der Waals surface area contributed by atoms with Crippen molar-refractivity contribution in [3.63, 3.8) is 0 Å². The fourth-order valence-electron chi connectivity index (χ4n) is 4.03. The normalized spacial score (nSPS) is 27.1. The standard InChI is InChI=1S/C17H26N2O/c1-20-17-11-15(18)9-8-14(17)12-19-10-4-6-13-5-2-3-7-16(13)19/h8-9,11,13,16H,2-7,10,12,18H2,1H3. The molecular formula is C17H26N2O. The average Bonchev–Trinajstić information content (AvgIpc) is 2.49. The van der Waals surface area contributed by atoms with E-state index in [1.165, 1.54) is 50.6 Å². The van der Waals surface area contributed by atoms with E-state index in [9.17, 15) is 0 Å². The van der Waals surface area contributed by atoms with Crippen molar-refractivity contribution in [2.75, 3.05) is 19.4 Å². The van der Waals surface area contributed by atoms with Gasteiger partial charge in [-0.15, -0.1) is 0 Å². The molecular weight excluding hydrogens is 248 g/mol. The highest BCUT2D eigenvalue weighted by atomic mass is 16.5. The second-order valence-electron chi connectivity index (χ2n) is 6.30. The summed E-state index contributed by atoms with van der Waals surface area (Å²) in [7, 11) is 1.73. The summed E-state index contributed by atoms with van der Waals surface area (Å²) in [6.45, 7) is 2.24. The molecule has 2 unspecified atom stereocenters. The Morgan fingerprint density at radius 2 is 2.00 bits per heavy atom. The monoisotopic (exact) mass is 274 g/mol. The molecule has 110 valence electrons. The maximum absolute atomic E-state index is 5.85. The van der Waals surface area contributed by atoms with Gasteiger partial charge in [0.1, 0.15) is 5.75 Å².